The number of benzene rings is 2. The SMILES string of the molecule is CNC(=O)c1n[nH]c2cc(-c3nc(C(=O)NCCC(C)c4ccccc4)c(C)n3C)ccc12. The van der Waals surface area contributed by atoms with E-state index in [2.05, 4.69) is 44.9 Å². The second kappa shape index (κ2) is 9.28. The molecule has 0 saturated carbocycles. The molecule has 0 saturated heterocycles. The molecular formula is C25H28N6O2. The van der Waals surface area contributed by atoms with Gasteiger partial charge in [-0.3, -0.25) is 14.7 Å². The van der Waals surface area contributed by atoms with E-state index in [0.717, 1.165) is 28.6 Å². The van der Waals surface area contributed by atoms with Gasteiger partial charge in [0.2, 0.25) is 0 Å². The quantitative estimate of drug-likeness (QED) is 0.405. The minimum Gasteiger partial charge on any atom is -0.354 e. The average Bonchev–Trinajstić information content (AvgIpc) is 3.39. The van der Waals surface area contributed by atoms with E-state index in [9.17, 15) is 9.59 Å². The van der Waals surface area contributed by atoms with Gasteiger partial charge in [-0.15, -0.1) is 0 Å². The van der Waals surface area contributed by atoms with Crippen molar-refractivity contribution in [2.45, 2.75) is 26.2 Å². The van der Waals surface area contributed by atoms with Crippen molar-refractivity contribution < 1.29 is 9.59 Å². The summed E-state index contributed by atoms with van der Waals surface area (Å²) < 4.78 is 1.90. The molecule has 0 fully saturated rings. The topological polar surface area (TPSA) is 105 Å². The number of hydrogen-bond donors (Lipinski definition) is 3. The van der Waals surface area contributed by atoms with Crippen LogP contribution in [-0.2, 0) is 7.05 Å². The molecule has 33 heavy (non-hydrogen) atoms. The molecule has 4 aromatic rings. The molecule has 0 aliphatic carbocycles. The third-order valence-electron chi connectivity index (χ3n) is 6.09. The Morgan fingerprint density at radius 1 is 1.09 bits per heavy atom. The summed E-state index contributed by atoms with van der Waals surface area (Å²) in [6, 6.07) is 15.9. The van der Waals surface area contributed by atoms with E-state index >= 15 is 0 Å². The van der Waals surface area contributed by atoms with E-state index in [1.807, 2.05) is 54.9 Å². The van der Waals surface area contributed by atoms with Crippen molar-refractivity contribution in [1.29, 1.82) is 0 Å². The van der Waals surface area contributed by atoms with Crippen LogP contribution in [0.5, 0.6) is 0 Å². The van der Waals surface area contributed by atoms with Gasteiger partial charge < -0.3 is 15.2 Å². The summed E-state index contributed by atoms with van der Waals surface area (Å²) in [4.78, 5) is 29.5. The first-order chi connectivity index (χ1) is 15.9. The van der Waals surface area contributed by atoms with Gasteiger partial charge in [-0.1, -0.05) is 43.3 Å². The summed E-state index contributed by atoms with van der Waals surface area (Å²) in [7, 11) is 3.46. The zero-order valence-electron chi connectivity index (χ0n) is 19.3. The second-order valence-electron chi connectivity index (χ2n) is 8.20. The van der Waals surface area contributed by atoms with Crippen molar-refractivity contribution in [2.24, 2.45) is 7.05 Å². The van der Waals surface area contributed by atoms with Crippen LogP contribution < -0.4 is 10.6 Å². The van der Waals surface area contributed by atoms with Crippen LogP contribution in [0.3, 0.4) is 0 Å². The molecule has 4 rings (SSSR count). The Kier molecular flexibility index (Phi) is 6.26. The molecule has 8 nitrogen and oxygen atoms in total. The number of H-pyrrole nitrogens is 1. The summed E-state index contributed by atoms with van der Waals surface area (Å²) in [5, 5.41) is 13.3. The number of aromatic nitrogens is 4. The Morgan fingerprint density at radius 2 is 1.85 bits per heavy atom. The van der Waals surface area contributed by atoms with Gasteiger partial charge in [-0.25, -0.2) is 4.98 Å². The molecule has 3 N–H and O–H groups in total. The van der Waals surface area contributed by atoms with E-state index in [1.165, 1.54) is 5.56 Å². The van der Waals surface area contributed by atoms with E-state index in [-0.39, 0.29) is 11.8 Å². The Hall–Kier alpha value is -3.94. The van der Waals surface area contributed by atoms with Crippen LogP contribution >= 0.6 is 0 Å². The molecule has 170 valence electrons. The number of carbonyl (C=O) groups excluding carboxylic acids is 2. The van der Waals surface area contributed by atoms with Crippen LogP contribution in [-0.4, -0.2) is 45.2 Å². The van der Waals surface area contributed by atoms with Crippen molar-refractivity contribution in [1.82, 2.24) is 30.4 Å². The van der Waals surface area contributed by atoms with E-state index in [0.29, 0.717) is 29.7 Å². The number of hydrogen-bond acceptors (Lipinski definition) is 4. The maximum Gasteiger partial charge on any atom is 0.272 e. The van der Waals surface area contributed by atoms with Gasteiger partial charge in [0.15, 0.2) is 5.69 Å². The van der Waals surface area contributed by atoms with Gasteiger partial charge in [0.1, 0.15) is 11.5 Å². The van der Waals surface area contributed by atoms with Gasteiger partial charge >= 0.3 is 0 Å². The highest BCUT2D eigenvalue weighted by Crippen LogP contribution is 2.26. The molecule has 2 aromatic heterocycles. The largest absolute Gasteiger partial charge is 0.354 e. The number of nitrogens with zero attached hydrogens (tertiary/aromatic N) is 3. The van der Waals surface area contributed by atoms with Crippen molar-refractivity contribution in [3.05, 3.63) is 71.2 Å². The average molecular weight is 445 g/mol. The van der Waals surface area contributed by atoms with E-state index < -0.39 is 0 Å². The number of fused-ring (bicyclic) bond motifs is 1. The van der Waals surface area contributed by atoms with E-state index in [1.54, 1.807) is 7.05 Å². The first kappa shape index (κ1) is 22.3. The minimum absolute atomic E-state index is 0.181. The molecule has 0 radical (unpaired) electrons. The Bertz CT molecular complexity index is 1310. The summed E-state index contributed by atoms with van der Waals surface area (Å²) in [5.74, 6) is 0.600. The molecule has 0 spiro atoms. The zero-order valence-corrected chi connectivity index (χ0v) is 19.3. The fourth-order valence-corrected chi connectivity index (χ4v) is 3.94. The molecule has 1 atom stereocenters. The summed E-state index contributed by atoms with van der Waals surface area (Å²) in [6.45, 7) is 4.62. The Morgan fingerprint density at radius 3 is 2.58 bits per heavy atom. The lowest BCUT2D eigenvalue weighted by Gasteiger charge is -2.12. The predicted octanol–water partition coefficient (Wildman–Crippen LogP) is 3.56. The number of aromatic amines is 1. The van der Waals surface area contributed by atoms with Crippen LogP contribution in [0, 0.1) is 6.92 Å². The Balaban J connectivity index is 1.50. The number of amides is 2. The van der Waals surface area contributed by atoms with Crippen LogP contribution in [0.25, 0.3) is 22.3 Å². The van der Waals surface area contributed by atoms with Gasteiger partial charge in [0, 0.05) is 37.3 Å². The predicted molar refractivity (Wildman–Crippen MR) is 128 cm³/mol. The fourth-order valence-electron chi connectivity index (χ4n) is 3.94. The monoisotopic (exact) mass is 444 g/mol. The van der Waals surface area contributed by atoms with Crippen molar-refractivity contribution >= 4 is 22.7 Å². The van der Waals surface area contributed by atoms with Gasteiger partial charge in [0.05, 0.1) is 5.52 Å². The third-order valence-corrected chi connectivity index (χ3v) is 6.09. The molecule has 0 aliphatic heterocycles. The van der Waals surface area contributed by atoms with Crippen molar-refractivity contribution in [3.8, 4) is 11.4 Å². The summed E-state index contributed by atoms with van der Waals surface area (Å²) >= 11 is 0. The minimum atomic E-state index is -0.248. The highest BCUT2D eigenvalue weighted by Gasteiger charge is 2.20. The maximum absolute atomic E-state index is 12.9. The highest BCUT2D eigenvalue weighted by molar-refractivity contribution is 6.05. The second-order valence-corrected chi connectivity index (χ2v) is 8.20. The van der Waals surface area contributed by atoms with Gasteiger partial charge in [-0.05, 0) is 37.0 Å². The van der Waals surface area contributed by atoms with Crippen LogP contribution in [0.4, 0.5) is 0 Å². The fraction of sp³-hybridized carbons (Fsp3) is 0.280. The molecule has 1 unspecified atom stereocenters. The lowest BCUT2D eigenvalue weighted by atomic mass is 9.98. The van der Waals surface area contributed by atoms with Gasteiger partial charge in [0.25, 0.3) is 11.8 Å². The van der Waals surface area contributed by atoms with Crippen LogP contribution in [0.1, 0.15) is 51.5 Å². The zero-order chi connectivity index (χ0) is 23.5. The van der Waals surface area contributed by atoms with Crippen molar-refractivity contribution in [2.75, 3.05) is 13.6 Å². The lowest BCUT2D eigenvalue weighted by molar-refractivity contribution is 0.0943. The molecule has 2 heterocycles. The highest BCUT2D eigenvalue weighted by atomic mass is 16.2. The third kappa shape index (κ3) is 4.37. The number of imidazole rings is 1. The molecule has 2 aromatic carbocycles. The normalized spacial score (nSPS) is 12.0. The Labute approximate surface area is 192 Å². The maximum atomic E-state index is 12.9. The van der Waals surface area contributed by atoms with Gasteiger partial charge in [-0.2, -0.15) is 5.10 Å². The first-order valence-corrected chi connectivity index (χ1v) is 11.0. The standard InChI is InChI=1S/C25H28N6O2/c1-15(17-8-6-5-7-9-17)12-13-27-25(33)21-16(2)31(4)23(28-21)18-10-11-19-20(14-18)29-30-22(19)24(32)26-3/h5-11,14-15H,12-13H2,1-4H3,(H,26,32)(H,27,33)(H,29,30). The summed E-state index contributed by atoms with van der Waals surface area (Å²) in [6.07, 6.45) is 0.846. The number of carbonyl (C=O) groups is 2. The first-order valence-electron chi connectivity index (χ1n) is 11.0. The molecular weight excluding hydrogens is 416 g/mol. The van der Waals surface area contributed by atoms with Crippen LogP contribution in [0.2, 0.25) is 0 Å². The summed E-state index contributed by atoms with van der Waals surface area (Å²) in [5.41, 5.74) is 4.37. The lowest BCUT2D eigenvalue weighted by Crippen LogP contribution is -2.26. The molecule has 0 bridgehead atoms. The number of rotatable bonds is 7. The smallest absolute Gasteiger partial charge is 0.272 e. The van der Waals surface area contributed by atoms with E-state index in [4.69, 9.17) is 0 Å². The van der Waals surface area contributed by atoms with Crippen LogP contribution in [0.15, 0.2) is 48.5 Å². The van der Waals surface area contributed by atoms with Crippen molar-refractivity contribution in [3.63, 3.8) is 0 Å². The molecule has 0 aliphatic rings. The number of nitrogens with one attached hydrogen (secondary N) is 3. The molecule has 2 amide bonds. The molecule has 8 heteroatoms.